The molecule has 18 heavy (non-hydrogen) atoms. The average Bonchev–Trinajstić information content (AvgIpc) is 2.36. The molecular weight excluding hydrogens is 262 g/mol. The van der Waals surface area contributed by atoms with Gasteiger partial charge >= 0.3 is 0 Å². The first-order valence-electron chi connectivity index (χ1n) is 5.88. The van der Waals surface area contributed by atoms with Crippen LogP contribution in [0.4, 0.5) is 0 Å². The fraction of sp³-hybridized carbons (Fsp3) is 0.200. The van der Waals surface area contributed by atoms with Crippen LogP contribution in [-0.4, -0.2) is 7.05 Å². The van der Waals surface area contributed by atoms with E-state index in [9.17, 15) is 0 Å². The van der Waals surface area contributed by atoms with Gasteiger partial charge in [0.15, 0.2) is 0 Å². The van der Waals surface area contributed by atoms with Crippen molar-refractivity contribution in [3.63, 3.8) is 0 Å². The number of rotatable bonds is 4. The second-order valence-electron chi connectivity index (χ2n) is 4.13. The highest BCUT2D eigenvalue weighted by molar-refractivity contribution is 7.99. The minimum absolute atomic E-state index is 0.816. The van der Waals surface area contributed by atoms with E-state index in [0.29, 0.717) is 0 Å². The summed E-state index contributed by atoms with van der Waals surface area (Å²) >= 11 is 8.05. The van der Waals surface area contributed by atoms with Gasteiger partial charge in [-0.3, -0.25) is 0 Å². The van der Waals surface area contributed by atoms with Crippen LogP contribution in [0.1, 0.15) is 11.1 Å². The van der Waals surface area contributed by atoms with Crippen LogP contribution in [0.15, 0.2) is 52.3 Å². The Morgan fingerprint density at radius 3 is 2.61 bits per heavy atom. The Morgan fingerprint density at radius 1 is 1.11 bits per heavy atom. The van der Waals surface area contributed by atoms with E-state index >= 15 is 0 Å². The van der Waals surface area contributed by atoms with E-state index in [-0.39, 0.29) is 0 Å². The zero-order valence-electron chi connectivity index (χ0n) is 10.5. The van der Waals surface area contributed by atoms with Crippen LogP contribution in [0.25, 0.3) is 0 Å². The molecule has 0 radical (unpaired) electrons. The normalized spacial score (nSPS) is 10.6. The van der Waals surface area contributed by atoms with Crippen molar-refractivity contribution in [2.75, 3.05) is 7.05 Å². The first-order chi connectivity index (χ1) is 8.72. The molecule has 2 aromatic carbocycles. The number of halogens is 1. The van der Waals surface area contributed by atoms with Crippen LogP contribution < -0.4 is 5.32 Å². The smallest absolute Gasteiger partial charge is 0.0548 e. The summed E-state index contributed by atoms with van der Waals surface area (Å²) < 4.78 is 0. The van der Waals surface area contributed by atoms with Gasteiger partial charge in [-0.05, 0) is 37.2 Å². The van der Waals surface area contributed by atoms with Gasteiger partial charge < -0.3 is 5.32 Å². The summed E-state index contributed by atoms with van der Waals surface area (Å²) in [6, 6.07) is 14.4. The van der Waals surface area contributed by atoms with E-state index in [1.165, 1.54) is 16.0 Å². The van der Waals surface area contributed by atoms with Gasteiger partial charge in [0.1, 0.15) is 0 Å². The van der Waals surface area contributed by atoms with Crippen LogP contribution >= 0.6 is 23.4 Å². The fourth-order valence-corrected chi connectivity index (χ4v) is 3.12. The summed E-state index contributed by atoms with van der Waals surface area (Å²) in [5.41, 5.74) is 2.51. The minimum atomic E-state index is 0.816. The Bertz CT molecular complexity index is 540. The van der Waals surface area contributed by atoms with Crippen molar-refractivity contribution < 1.29 is 0 Å². The number of hydrogen-bond acceptors (Lipinski definition) is 2. The molecule has 0 aliphatic carbocycles. The Balaban J connectivity index is 2.36. The van der Waals surface area contributed by atoms with Crippen molar-refractivity contribution in [2.24, 2.45) is 0 Å². The van der Waals surface area contributed by atoms with Gasteiger partial charge in [-0.15, -0.1) is 0 Å². The van der Waals surface area contributed by atoms with Gasteiger partial charge in [0, 0.05) is 16.3 Å². The van der Waals surface area contributed by atoms with Gasteiger partial charge in [-0.1, -0.05) is 53.7 Å². The van der Waals surface area contributed by atoms with Gasteiger partial charge in [0.25, 0.3) is 0 Å². The average molecular weight is 278 g/mol. The molecule has 3 heteroatoms. The number of hydrogen-bond donors (Lipinski definition) is 1. The predicted octanol–water partition coefficient (Wildman–Crippen LogP) is 4.52. The number of benzene rings is 2. The van der Waals surface area contributed by atoms with Crippen LogP contribution in [-0.2, 0) is 6.54 Å². The molecule has 0 aromatic heterocycles. The summed E-state index contributed by atoms with van der Waals surface area (Å²) in [6.45, 7) is 2.95. The van der Waals surface area contributed by atoms with Gasteiger partial charge in [-0.2, -0.15) is 0 Å². The van der Waals surface area contributed by atoms with E-state index in [4.69, 9.17) is 11.6 Å². The quantitative estimate of drug-likeness (QED) is 0.882. The highest BCUT2D eigenvalue weighted by Gasteiger charge is 2.09. The molecule has 0 atom stereocenters. The van der Waals surface area contributed by atoms with Crippen molar-refractivity contribution in [3.05, 3.63) is 58.6 Å². The summed E-state index contributed by atoms with van der Waals surface area (Å²) in [4.78, 5) is 2.39. The maximum Gasteiger partial charge on any atom is 0.0548 e. The second kappa shape index (κ2) is 6.28. The van der Waals surface area contributed by atoms with Crippen molar-refractivity contribution in [2.45, 2.75) is 23.3 Å². The Morgan fingerprint density at radius 2 is 1.89 bits per heavy atom. The molecule has 94 valence electrons. The molecule has 0 aliphatic heterocycles. The highest BCUT2D eigenvalue weighted by atomic mass is 35.5. The van der Waals surface area contributed by atoms with E-state index in [1.54, 1.807) is 11.8 Å². The first-order valence-corrected chi connectivity index (χ1v) is 7.07. The third-order valence-electron chi connectivity index (χ3n) is 2.72. The third kappa shape index (κ3) is 3.08. The molecule has 0 amide bonds. The molecule has 0 fully saturated rings. The maximum atomic E-state index is 6.32. The summed E-state index contributed by atoms with van der Waals surface area (Å²) in [6.07, 6.45) is 0. The molecule has 0 saturated heterocycles. The predicted molar refractivity (Wildman–Crippen MR) is 79.5 cm³/mol. The Hall–Kier alpha value is -0.960. The Labute approximate surface area is 118 Å². The lowest BCUT2D eigenvalue weighted by Crippen LogP contribution is -2.06. The van der Waals surface area contributed by atoms with Crippen molar-refractivity contribution in [1.82, 2.24) is 5.32 Å². The van der Waals surface area contributed by atoms with Crippen LogP contribution in [0, 0.1) is 6.92 Å². The van der Waals surface area contributed by atoms with E-state index < -0.39 is 0 Å². The largest absolute Gasteiger partial charge is 0.316 e. The molecule has 0 unspecified atom stereocenters. The van der Waals surface area contributed by atoms with Gasteiger partial charge in [-0.25, -0.2) is 0 Å². The van der Waals surface area contributed by atoms with E-state index in [0.717, 1.165) is 16.5 Å². The molecule has 2 rings (SSSR count). The molecule has 0 saturated carbocycles. The Kier molecular flexibility index (Phi) is 4.70. The molecule has 0 bridgehead atoms. The van der Waals surface area contributed by atoms with Gasteiger partial charge in [0.05, 0.1) is 5.02 Å². The van der Waals surface area contributed by atoms with Crippen LogP contribution in [0.5, 0.6) is 0 Å². The van der Waals surface area contributed by atoms with Crippen LogP contribution in [0.2, 0.25) is 5.02 Å². The lowest BCUT2D eigenvalue weighted by Gasteiger charge is -2.12. The zero-order chi connectivity index (χ0) is 13.0. The lowest BCUT2D eigenvalue weighted by molar-refractivity contribution is 0.803. The van der Waals surface area contributed by atoms with E-state index in [2.05, 4.69) is 42.6 Å². The fourth-order valence-electron chi connectivity index (χ4n) is 1.78. The molecule has 1 nitrogen and oxygen atoms in total. The lowest BCUT2D eigenvalue weighted by atomic mass is 10.2. The minimum Gasteiger partial charge on any atom is -0.316 e. The van der Waals surface area contributed by atoms with Gasteiger partial charge in [0.2, 0.25) is 0 Å². The van der Waals surface area contributed by atoms with Crippen molar-refractivity contribution >= 4 is 23.4 Å². The molecule has 1 N–H and O–H groups in total. The monoisotopic (exact) mass is 277 g/mol. The third-order valence-corrected chi connectivity index (χ3v) is 4.51. The maximum absolute atomic E-state index is 6.32. The number of aryl methyl sites for hydroxylation is 1. The zero-order valence-corrected chi connectivity index (χ0v) is 12.1. The van der Waals surface area contributed by atoms with E-state index in [1.807, 2.05) is 19.2 Å². The topological polar surface area (TPSA) is 12.0 Å². The van der Waals surface area contributed by atoms with Crippen molar-refractivity contribution in [3.8, 4) is 0 Å². The number of nitrogens with one attached hydrogen (secondary N) is 1. The van der Waals surface area contributed by atoms with Crippen molar-refractivity contribution in [1.29, 1.82) is 0 Å². The highest BCUT2D eigenvalue weighted by Crippen LogP contribution is 2.37. The second-order valence-corrected chi connectivity index (χ2v) is 5.59. The summed E-state index contributed by atoms with van der Waals surface area (Å²) in [5, 5.41) is 4.00. The van der Waals surface area contributed by atoms with Crippen LogP contribution in [0.3, 0.4) is 0 Å². The summed E-state index contributed by atoms with van der Waals surface area (Å²) in [5.74, 6) is 0. The standard InChI is InChI=1S/C15H16ClNS/c1-11-6-3-4-9-14(11)18-15-12(10-17-2)7-5-8-13(15)16/h3-9,17H,10H2,1-2H3. The first kappa shape index (κ1) is 13.5. The molecule has 0 aliphatic rings. The molecular formula is C15H16ClNS. The SMILES string of the molecule is CNCc1cccc(Cl)c1Sc1ccccc1C. The molecule has 0 heterocycles. The molecule has 0 spiro atoms. The summed E-state index contributed by atoms with van der Waals surface area (Å²) in [7, 11) is 1.95. The molecule has 2 aromatic rings.